The lowest BCUT2D eigenvalue weighted by molar-refractivity contribution is 0.296. The van der Waals surface area contributed by atoms with Crippen LogP contribution < -0.4 is 19.1 Å². The van der Waals surface area contributed by atoms with Gasteiger partial charge in [0.05, 0.1) is 7.11 Å². The van der Waals surface area contributed by atoms with Crippen molar-refractivity contribution >= 4 is 5.69 Å². The molecule has 2 rings (SSSR count). The lowest BCUT2D eigenvalue weighted by atomic mass is 10.1. The summed E-state index contributed by atoms with van der Waals surface area (Å²) < 4.78 is 17.0. The third-order valence-corrected chi connectivity index (χ3v) is 3.64. The van der Waals surface area contributed by atoms with Crippen molar-refractivity contribution in [3.63, 3.8) is 0 Å². The zero-order valence-corrected chi connectivity index (χ0v) is 13.3. The second-order valence-electron chi connectivity index (χ2n) is 5.22. The van der Waals surface area contributed by atoms with Gasteiger partial charge in [-0.05, 0) is 19.3 Å². The summed E-state index contributed by atoms with van der Waals surface area (Å²) in [5.74, 6) is 1.98. The van der Waals surface area contributed by atoms with Gasteiger partial charge in [-0.2, -0.15) is 0 Å². The molecule has 0 N–H and O–H groups in total. The lowest BCUT2D eigenvalue weighted by Crippen LogP contribution is -2.29. The van der Waals surface area contributed by atoms with E-state index in [4.69, 9.17) is 14.2 Å². The molecule has 0 radical (unpaired) electrons. The summed E-state index contributed by atoms with van der Waals surface area (Å²) in [4.78, 5) is 2.37. The molecule has 0 amide bonds. The monoisotopic (exact) mass is 303 g/mol. The van der Waals surface area contributed by atoms with Crippen LogP contribution in [0.15, 0.2) is 37.4 Å². The molecule has 4 heteroatoms. The van der Waals surface area contributed by atoms with Gasteiger partial charge in [-0.25, -0.2) is 0 Å². The molecule has 4 nitrogen and oxygen atoms in total. The van der Waals surface area contributed by atoms with Crippen molar-refractivity contribution in [1.82, 2.24) is 0 Å². The van der Waals surface area contributed by atoms with Gasteiger partial charge >= 0.3 is 0 Å². The summed E-state index contributed by atoms with van der Waals surface area (Å²) in [5.41, 5.74) is 1.11. The van der Waals surface area contributed by atoms with Gasteiger partial charge in [-0.3, -0.25) is 0 Å². The van der Waals surface area contributed by atoms with Gasteiger partial charge in [0.15, 0.2) is 11.5 Å². The summed E-state index contributed by atoms with van der Waals surface area (Å²) >= 11 is 0. The van der Waals surface area contributed by atoms with E-state index in [1.165, 1.54) is 19.3 Å². The lowest BCUT2D eigenvalue weighted by Gasteiger charge is -2.30. The third-order valence-electron chi connectivity index (χ3n) is 3.64. The zero-order chi connectivity index (χ0) is 15.8. The summed E-state index contributed by atoms with van der Waals surface area (Å²) in [6, 6.07) is 4.04. The normalized spacial score (nSPS) is 14.3. The minimum Gasteiger partial charge on any atom is -0.490 e. The average molecular weight is 303 g/mol. The zero-order valence-electron chi connectivity index (χ0n) is 13.3. The molecule has 0 unspecified atom stereocenters. The molecule has 0 saturated carbocycles. The van der Waals surface area contributed by atoms with Crippen LogP contribution in [0.2, 0.25) is 0 Å². The van der Waals surface area contributed by atoms with Gasteiger partial charge in [0.25, 0.3) is 0 Å². The largest absolute Gasteiger partial charge is 0.490 e. The average Bonchev–Trinajstić information content (AvgIpc) is 2.58. The second kappa shape index (κ2) is 8.37. The van der Waals surface area contributed by atoms with Crippen molar-refractivity contribution in [2.24, 2.45) is 0 Å². The van der Waals surface area contributed by atoms with E-state index in [1.54, 1.807) is 19.3 Å². The highest BCUT2D eigenvalue weighted by molar-refractivity contribution is 5.63. The Morgan fingerprint density at radius 3 is 2.00 bits per heavy atom. The number of ether oxygens (including phenoxy) is 3. The number of nitrogens with zero attached hydrogens (tertiary/aromatic N) is 1. The molecule has 22 heavy (non-hydrogen) atoms. The van der Waals surface area contributed by atoms with E-state index in [0.717, 1.165) is 18.8 Å². The van der Waals surface area contributed by atoms with Gasteiger partial charge in [-0.1, -0.05) is 25.3 Å². The molecular weight excluding hydrogens is 278 g/mol. The summed E-state index contributed by atoms with van der Waals surface area (Å²) in [7, 11) is 1.62. The third kappa shape index (κ3) is 3.97. The fraction of sp³-hybridized carbons (Fsp3) is 0.444. The quantitative estimate of drug-likeness (QED) is 0.683. The van der Waals surface area contributed by atoms with Gasteiger partial charge in [0.2, 0.25) is 5.75 Å². The van der Waals surface area contributed by atoms with Crippen molar-refractivity contribution in [2.75, 3.05) is 38.3 Å². The SMILES string of the molecule is C=CCOc1cc(N2CCCCC2)cc(OCC=C)c1OC. The van der Waals surface area contributed by atoms with Crippen LogP contribution in [-0.4, -0.2) is 33.4 Å². The van der Waals surface area contributed by atoms with Gasteiger partial charge in [-0.15, -0.1) is 0 Å². The first kappa shape index (κ1) is 16.3. The van der Waals surface area contributed by atoms with E-state index >= 15 is 0 Å². The Morgan fingerprint density at radius 2 is 1.55 bits per heavy atom. The molecule has 1 aliphatic heterocycles. The number of hydrogen-bond donors (Lipinski definition) is 0. The highest BCUT2D eigenvalue weighted by Gasteiger charge is 2.18. The first-order chi connectivity index (χ1) is 10.8. The Bertz CT molecular complexity index is 474. The molecule has 1 aromatic rings. The number of hydrogen-bond acceptors (Lipinski definition) is 4. The molecule has 0 spiro atoms. The van der Waals surface area contributed by atoms with Crippen molar-refractivity contribution in [3.05, 3.63) is 37.4 Å². The Labute approximate surface area is 133 Å². The van der Waals surface area contributed by atoms with Crippen LogP contribution in [0.4, 0.5) is 5.69 Å². The molecule has 1 heterocycles. The molecule has 1 aromatic carbocycles. The summed E-state index contributed by atoms with van der Waals surface area (Å²) in [6.07, 6.45) is 7.18. The van der Waals surface area contributed by atoms with Crippen LogP contribution in [0.25, 0.3) is 0 Å². The number of methoxy groups -OCH3 is 1. The molecule has 120 valence electrons. The van der Waals surface area contributed by atoms with Crippen LogP contribution in [0.1, 0.15) is 19.3 Å². The van der Waals surface area contributed by atoms with Gasteiger partial charge < -0.3 is 19.1 Å². The molecule has 0 bridgehead atoms. The predicted octanol–water partition coefficient (Wildman–Crippen LogP) is 3.82. The number of benzene rings is 1. The maximum atomic E-state index is 5.75. The van der Waals surface area contributed by atoms with Crippen molar-refractivity contribution in [3.8, 4) is 17.2 Å². The highest BCUT2D eigenvalue weighted by atomic mass is 16.5. The highest BCUT2D eigenvalue weighted by Crippen LogP contribution is 2.42. The van der Waals surface area contributed by atoms with E-state index < -0.39 is 0 Å². The minimum atomic E-state index is 0.431. The topological polar surface area (TPSA) is 30.9 Å². The van der Waals surface area contributed by atoms with Gasteiger partial charge in [0, 0.05) is 30.9 Å². The fourth-order valence-corrected chi connectivity index (χ4v) is 2.61. The first-order valence-corrected chi connectivity index (χ1v) is 7.74. The Kier molecular flexibility index (Phi) is 6.19. The Balaban J connectivity index is 2.35. The van der Waals surface area contributed by atoms with E-state index in [1.807, 2.05) is 12.1 Å². The maximum Gasteiger partial charge on any atom is 0.203 e. The molecule has 1 aliphatic rings. The Hall–Kier alpha value is -2.10. The van der Waals surface area contributed by atoms with Crippen LogP contribution in [0.5, 0.6) is 17.2 Å². The maximum absolute atomic E-state index is 5.75. The van der Waals surface area contributed by atoms with Crippen LogP contribution in [-0.2, 0) is 0 Å². The van der Waals surface area contributed by atoms with Crippen LogP contribution in [0.3, 0.4) is 0 Å². The standard InChI is InChI=1S/C18H25NO3/c1-4-11-21-16-13-15(19-9-7-6-8-10-19)14-17(18(16)20-3)22-12-5-2/h4-5,13-14H,1-2,6-12H2,3H3. The van der Waals surface area contributed by atoms with Crippen molar-refractivity contribution < 1.29 is 14.2 Å². The fourth-order valence-electron chi connectivity index (χ4n) is 2.61. The van der Waals surface area contributed by atoms with Crippen molar-refractivity contribution in [1.29, 1.82) is 0 Å². The molecule has 0 aliphatic carbocycles. The smallest absolute Gasteiger partial charge is 0.203 e. The van der Waals surface area contributed by atoms with E-state index in [-0.39, 0.29) is 0 Å². The van der Waals surface area contributed by atoms with E-state index in [2.05, 4.69) is 18.1 Å². The molecular formula is C18H25NO3. The Morgan fingerprint density at radius 1 is 1.00 bits per heavy atom. The van der Waals surface area contributed by atoms with Crippen LogP contribution in [0, 0.1) is 0 Å². The molecule has 0 atom stereocenters. The number of anilines is 1. The number of piperidine rings is 1. The number of rotatable bonds is 8. The minimum absolute atomic E-state index is 0.431. The predicted molar refractivity (Wildman–Crippen MR) is 90.4 cm³/mol. The van der Waals surface area contributed by atoms with Gasteiger partial charge in [0.1, 0.15) is 13.2 Å². The van der Waals surface area contributed by atoms with Crippen LogP contribution >= 0.6 is 0 Å². The van der Waals surface area contributed by atoms with E-state index in [9.17, 15) is 0 Å². The molecule has 0 aromatic heterocycles. The summed E-state index contributed by atoms with van der Waals surface area (Å²) in [5, 5.41) is 0. The second-order valence-corrected chi connectivity index (χ2v) is 5.22. The summed E-state index contributed by atoms with van der Waals surface area (Å²) in [6.45, 7) is 10.4. The van der Waals surface area contributed by atoms with Crippen molar-refractivity contribution in [2.45, 2.75) is 19.3 Å². The first-order valence-electron chi connectivity index (χ1n) is 7.74. The molecule has 1 saturated heterocycles. The molecule has 1 fully saturated rings. The van der Waals surface area contributed by atoms with E-state index in [0.29, 0.717) is 30.5 Å².